The van der Waals surface area contributed by atoms with E-state index in [4.69, 9.17) is 0 Å². The average molecular weight is 386 g/mol. The minimum absolute atomic E-state index is 0.119. The first-order chi connectivity index (χ1) is 13.4. The second-order valence-corrected chi connectivity index (χ2v) is 7.10. The van der Waals surface area contributed by atoms with Crippen LogP contribution in [-0.4, -0.2) is 45.0 Å². The number of benzene rings is 1. The Kier molecular flexibility index (Phi) is 5.96. The fourth-order valence-electron chi connectivity index (χ4n) is 3.72. The monoisotopic (exact) mass is 386 g/mol. The van der Waals surface area contributed by atoms with E-state index in [9.17, 15) is 19.2 Å². The summed E-state index contributed by atoms with van der Waals surface area (Å²) >= 11 is 0. The number of nitrogens with one attached hydrogen (secondary N) is 1. The standard InChI is InChI=1S/C20H26N4O4/c1-3-23-15-9-5-6-10-16(15)24(20(28)19(23)27)13-17(25)21-14(2)18(26)22-11-7-4-8-12-22/h5-6,9-10,14H,3-4,7-8,11-13H2,1-2H3,(H,21,25). The van der Waals surface area contributed by atoms with E-state index in [2.05, 4.69) is 5.32 Å². The summed E-state index contributed by atoms with van der Waals surface area (Å²) in [5.41, 5.74) is -0.295. The molecule has 1 N–H and O–H groups in total. The molecule has 0 spiro atoms. The third kappa shape index (κ3) is 3.85. The van der Waals surface area contributed by atoms with Crippen molar-refractivity contribution in [1.29, 1.82) is 0 Å². The van der Waals surface area contributed by atoms with Gasteiger partial charge in [0.1, 0.15) is 12.6 Å². The fraction of sp³-hybridized carbons (Fsp3) is 0.500. The molecule has 0 radical (unpaired) electrons. The molecule has 1 aromatic carbocycles. The summed E-state index contributed by atoms with van der Waals surface area (Å²) in [5, 5.41) is 2.67. The van der Waals surface area contributed by atoms with Crippen LogP contribution in [-0.2, 0) is 22.7 Å². The molecule has 150 valence electrons. The summed E-state index contributed by atoms with van der Waals surface area (Å²) in [7, 11) is 0. The number of aromatic nitrogens is 2. The number of carbonyl (C=O) groups is 2. The van der Waals surface area contributed by atoms with Crippen molar-refractivity contribution in [2.45, 2.75) is 52.2 Å². The number of amides is 2. The van der Waals surface area contributed by atoms with Crippen LogP contribution >= 0.6 is 0 Å². The number of nitrogens with zero attached hydrogens (tertiary/aromatic N) is 3. The maximum atomic E-state index is 12.5. The molecule has 2 heterocycles. The molecule has 0 saturated carbocycles. The molecule has 0 aliphatic carbocycles. The van der Waals surface area contributed by atoms with Crippen LogP contribution in [0.2, 0.25) is 0 Å². The Bertz CT molecular complexity index is 1000. The highest BCUT2D eigenvalue weighted by Crippen LogP contribution is 2.11. The molecule has 1 atom stereocenters. The van der Waals surface area contributed by atoms with Gasteiger partial charge in [-0.25, -0.2) is 0 Å². The van der Waals surface area contributed by atoms with Crippen molar-refractivity contribution in [3.05, 3.63) is 45.0 Å². The molecule has 1 aliphatic rings. The Morgan fingerprint density at radius 3 is 2.18 bits per heavy atom. The van der Waals surface area contributed by atoms with Crippen LogP contribution in [0.15, 0.2) is 33.9 Å². The van der Waals surface area contributed by atoms with Gasteiger partial charge < -0.3 is 14.8 Å². The van der Waals surface area contributed by atoms with Gasteiger partial charge in [0.25, 0.3) is 0 Å². The van der Waals surface area contributed by atoms with E-state index in [0.29, 0.717) is 30.7 Å². The lowest BCUT2D eigenvalue weighted by molar-refractivity contribution is -0.136. The molecule has 1 aromatic heterocycles. The van der Waals surface area contributed by atoms with E-state index in [1.807, 2.05) is 0 Å². The number of fused-ring (bicyclic) bond motifs is 1. The highest BCUT2D eigenvalue weighted by Gasteiger charge is 2.24. The van der Waals surface area contributed by atoms with E-state index >= 15 is 0 Å². The fourth-order valence-corrected chi connectivity index (χ4v) is 3.72. The normalized spacial score (nSPS) is 15.4. The zero-order chi connectivity index (χ0) is 20.3. The van der Waals surface area contributed by atoms with Crippen molar-refractivity contribution in [2.75, 3.05) is 13.1 Å². The van der Waals surface area contributed by atoms with Gasteiger partial charge in [-0.2, -0.15) is 0 Å². The van der Waals surface area contributed by atoms with E-state index < -0.39 is 23.1 Å². The number of likely N-dealkylation sites (tertiary alicyclic amines) is 1. The van der Waals surface area contributed by atoms with Gasteiger partial charge in [0.15, 0.2) is 0 Å². The third-order valence-corrected chi connectivity index (χ3v) is 5.17. The van der Waals surface area contributed by atoms with Crippen molar-refractivity contribution in [2.24, 2.45) is 0 Å². The Hall–Kier alpha value is -2.90. The Morgan fingerprint density at radius 1 is 1.00 bits per heavy atom. The maximum absolute atomic E-state index is 12.5. The van der Waals surface area contributed by atoms with Gasteiger partial charge in [0, 0.05) is 19.6 Å². The largest absolute Gasteiger partial charge is 0.343 e. The predicted molar refractivity (Wildman–Crippen MR) is 106 cm³/mol. The lowest BCUT2D eigenvalue weighted by Crippen LogP contribution is -2.50. The highest BCUT2D eigenvalue weighted by molar-refractivity contribution is 5.88. The maximum Gasteiger partial charge on any atom is 0.317 e. The molecule has 28 heavy (non-hydrogen) atoms. The number of piperidine rings is 1. The van der Waals surface area contributed by atoms with Crippen LogP contribution in [0.25, 0.3) is 11.0 Å². The molecule has 2 amide bonds. The van der Waals surface area contributed by atoms with E-state index in [1.165, 1.54) is 9.13 Å². The van der Waals surface area contributed by atoms with Crippen LogP contribution < -0.4 is 16.4 Å². The van der Waals surface area contributed by atoms with Crippen LogP contribution in [0.3, 0.4) is 0 Å². The highest BCUT2D eigenvalue weighted by atomic mass is 16.2. The van der Waals surface area contributed by atoms with Gasteiger partial charge >= 0.3 is 11.1 Å². The molecule has 2 aromatic rings. The second kappa shape index (κ2) is 8.41. The third-order valence-electron chi connectivity index (χ3n) is 5.17. The summed E-state index contributed by atoms with van der Waals surface area (Å²) in [6, 6.07) is 6.31. The minimum atomic E-state index is -0.745. The molecular formula is C20H26N4O4. The predicted octanol–water partition coefficient (Wildman–Crippen LogP) is 0.700. The molecular weight excluding hydrogens is 360 g/mol. The van der Waals surface area contributed by atoms with Gasteiger partial charge in [-0.1, -0.05) is 12.1 Å². The summed E-state index contributed by atoms with van der Waals surface area (Å²) in [5.74, 6) is -0.592. The first-order valence-corrected chi connectivity index (χ1v) is 9.74. The summed E-state index contributed by atoms with van der Waals surface area (Å²) < 4.78 is 2.58. The number of para-hydroxylation sites is 2. The molecule has 1 aliphatic heterocycles. The molecule has 8 heteroatoms. The molecule has 1 saturated heterocycles. The lowest BCUT2D eigenvalue weighted by atomic mass is 10.1. The minimum Gasteiger partial charge on any atom is -0.343 e. The number of hydrogen-bond donors (Lipinski definition) is 1. The van der Waals surface area contributed by atoms with Crippen LogP contribution in [0, 0.1) is 0 Å². The summed E-state index contributed by atoms with van der Waals surface area (Å²) in [4.78, 5) is 51.7. The van der Waals surface area contributed by atoms with Crippen LogP contribution in [0.1, 0.15) is 33.1 Å². The van der Waals surface area contributed by atoms with Gasteiger partial charge in [-0.3, -0.25) is 23.7 Å². The SMILES string of the molecule is CCn1c(=O)c(=O)n(CC(=O)NC(C)C(=O)N2CCCCC2)c2ccccc21. The molecule has 8 nitrogen and oxygen atoms in total. The average Bonchev–Trinajstić information content (AvgIpc) is 2.71. The molecule has 0 bridgehead atoms. The Morgan fingerprint density at radius 2 is 1.57 bits per heavy atom. The van der Waals surface area contributed by atoms with Crippen molar-refractivity contribution >= 4 is 22.8 Å². The molecule has 1 unspecified atom stereocenters. The second-order valence-electron chi connectivity index (χ2n) is 7.10. The van der Waals surface area contributed by atoms with Crippen molar-refractivity contribution < 1.29 is 9.59 Å². The number of aryl methyl sites for hydroxylation is 1. The van der Waals surface area contributed by atoms with E-state index in [1.54, 1.807) is 43.0 Å². The number of rotatable bonds is 5. The van der Waals surface area contributed by atoms with Crippen LogP contribution in [0.5, 0.6) is 0 Å². The van der Waals surface area contributed by atoms with Crippen molar-refractivity contribution in [3.8, 4) is 0 Å². The molecule has 3 rings (SSSR count). The Balaban J connectivity index is 1.82. The van der Waals surface area contributed by atoms with Gasteiger partial charge in [-0.15, -0.1) is 0 Å². The smallest absolute Gasteiger partial charge is 0.317 e. The zero-order valence-electron chi connectivity index (χ0n) is 16.3. The Labute approximate surface area is 162 Å². The summed E-state index contributed by atoms with van der Waals surface area (Å²) in [6.45, 7) is 4.90. The lowest BCUT2D eigenvalue weighted by Gasteiger charge is -2.29. The summed E-state index contributed by atoms with van der Waals surface area (Å²) in [6.07, 6.45) is 3.06. The van der Waals surface area contributed by atoms with Gasteiger partial charge in [-0.05, 0) is 45.2 Å². The van der Waals surface area contributed by atoms with Gasteiger partial charge in [0.05, 0.1) is 11.0 Å². The van der Waals surface area contributed by atoms with Crippen molar-refractivity contribution in [1.82, 2.24) is 19.4 Å². The van der Waals surface area contributed by atoms with E-state index in [-0.39, 0.29) is 12.5 Å². The number of carbonyl (C=O) groups excluding carboxylic acids is 2. The zero-order valence-corrected chi connectivity index (χ0v) is 16.3. The topological polar surface area (TPSA) is 93.4 Å². The van der Waals surface area contributed by atoms with Crippen molar-refractivity contribution in [3.63, 3.8) is 0 Å². The quantitative estimate of drug-likeness (QED) is 0.766. The number of hydrogen-bond acceptors (Lipinski definition) is 4. The van der Waals surface area contributed by atoms with E-state index in [0.717, 1.165) is 19.3 Å². The molecule has 1 fully saturated rings. The first-order valence-electron chi connectivity index (χ1n) is 9.74. The van der Waals surface area contributed by atoms with Gasteiger partial charge in [0.2, 0.25) is 11.8 Å². The van der Waals surface area contributed by atoms with Crippen LogP contribution in [0.4, 0.5) is 0 Å². The first kappa shape index (κ1) is 19.9.